The van der Waals surface area contributed by atoms with Crippen LogP contribution in [0, 0.1) is 0 Å². The first-order valence-corrected chi connectivity index (χ1v) is 8.79. The predicted molar refractivity (Wildman–Crippen MR) is 90.9 cm³/mol. The van der Waals surface area contributed by atoms with E-state index >= 15 is 0 Å². The maximum atomic E-state index is 12.1. The van der Waals surface area contributed by atoms with Gasteiger partial charge in [-0.15, -0.1) is 11.3 Å². The number of carbonyl (C=O) groups excluding carboxylic acids is 2. The van der Waals surface area contributed by atoms with E-state index in [1.165, 1.54) is 22.6 Å². The van der Waals surface area contributed by atoms with Crippen molar-refractivity contribution in [1.29, 1.82) is 0 Å². The van der Waals surface area contributed by atoms with Gasteiger partial charge in [-0.25, -0.2) is 9.78 Å². The van der Waals surface area contributed by atoms with E-state index in [0.29, 0.717) is 5.13 Å². The molecule has 1 N–H and O–H groups in total. The monoisotopic (exact) mass is 339 g/mol. The van der Waals surface area contributed by atoms with Gasteiger partial charge >= 0.3 is 6.09 Å². The Morgan fingerprint density at radius 1 is 1.26 bits per heavy atom. The number of thiazole rings is 1. The van der Waals surface area contributed by atoms with Crippen LogP contribution in [0.2, 0.25) is 0 Å². The fourth-order valence-corrected chi connectivity index (χ4v) is 3.43. The number of fused-ring (bicyclic) bond motifs is 1. The molecule has 0 spiro atoms. The van der Waals surface area contributed by atoms with Crippen molar-refractivity contribution in [3.63, 3.8) is 0 Å². The van der Waals surface area contributed by atoms with Crippen LogP contribution < -0.4 is 5.32 Å². The minimum atomic E-state index is -0.575. The van der Waals surface area contributed by atoms with Crippen molar-refractivity contribution in [2.24, 2.45) is 0 Å². The highest BCUT2D eigenvalue weighted by atomic mass is 32.1. The molecule has 0 bridgehead atoms. The third-order valence-electron chi connectivity index (χ3n) is 3.43. The molecule has 1 aliphatic carbocycles. The first kappa shape index (κ1) is 17.7. The van der Waals surface area contributed by atoms with Gasteiger partial charge in [0.05, 0.1) is 5.69 Å². The van der Waals surface area contributed by atoms with Crippen LogP contribution in [0.15, 0.2) is 0 Å². The molecule has 0 saturated carbocycles. The van der Waals surface area contributed by atoms with Crippen LogP contribution in [0.5, 0.6) is 0 Å². The van der Waals surface area contributed by atoms with E-state index in [4.69, 9.17) is 4.74 Å². The number of ether oxygens (including phenoxy) is 1. The summed E-state index contributed by atoms with van der Waals surface area (Å²) in [7, 11) is 1.55. The molecular formula is C16H25N3O3S. The molecule has 0 saturated heterocycles. The highest BCUT2D eigenvalue weighted by Crippen LogP contribution is 2.28. The topological polar surface area (TPSA) is 71.5 Å². The summed E-state index contributed by atoms with van der Waals surface area (Å²) in [4.78, 5) is 31.0. The van der Waals surface area contributed by atoms with Crippen molar-refractivity contribution in [1.82, 2.24) is 9.88 Å². The largest absolute Gasteiger partial charge is 0.444 e. The molecule has 1 aliphatic rings. The van der Waals surface area contributed by atoms with Crippen molar-refractivity contribution in [3.05, 3.63) is 10.6 Å². The summed E-state index contributed by atoms with van der Waals surface area (Å²) in [5.41, 5.74) is 0.539. The van der Waals surface area contributed by atoms with E-state index in [9.17, 15) is 9.59 Å². The molecule has 1 aromatic rings. The zero-order valence-electron chi connectivity index (χ0n) is 14.3. The number of likely N-dealkylation sites (N-methyl/N-ethyl adjacent to an activating group) is 1. The average Bonchev–Trinajstić information content (AvgIpc) is 2.65. The molecule has 6 nitrogen and oxygen atoms in total. The molecule has 2 amide bonds. The summed E-state index contributed by atoms with van der Waals surface area (Å²) in [6.45, 7) is 5.32. The Morgan fingerprint density at radius 3 is 2.65 bits per heavy atom. The molecule has 23 heavy (non-hydrogen) atoms. The molecule has 7 heteroatoms. The van der Waals surface area contributed by atoms with Crippen LogP contribution in [-0.4, -0.2) is 41.1 Å². The number of hydrogen-bond donors (Lipinski definition) is 1. The van der Waals surface area contributed by atoms with E-state index in [-0.39, 0.29) is 12.5 Å². The Labute approximate surface area is 141 Å². The van der Waals surface area contributed by atoms with Crippen molar-refractivity contribution < 1.29 is 14.3 Å². The summed E-state index contributed by atoms with van der Waals surface area (Å²) in [5.74, 6) is -0.262. The summed E-state index contributed by atoms with van der Waals surface area (Å²) in [6, 6.07) is 0. The SMILES string of the molecule is CN(CC(=O)Nc1nc2c(s1)CCCCC2)C(=O)OC(C)(C)C. The number of aryl methyl sites for hydroxylation is 2. The second-order valence-electron chi connectivity index (χ2n) is 6.83. The summed E-state index contributed by atoms with van der Waals surface area (Å²) < 4.78 is 5.22. The van der Waals surface area contributed by atoms with Gasteiger partial charge in [0.2, 0.25) is 5.91 Å². The van der Waals surface area contributed by atoms with Gasteiger partial charge in [0, 0.05) is 11.9 Å². The highest BCUT2D eigenvalue weighted by Gasteiger charge is 2.22. The number of rotatable bonds is 3. The molecule has 1 heterocycles. The van der Waals surface area contributed by atoms with E-state index in [0.717, 1.165) is 25.0 Å². The lowest BCUT2D eigenvalue weighted by molar-refractivity contribution is -0.117. The lowest BCUT2D eigenvalue weighted by Gasteiger charge is -2.24. The zero-order chi connectivity index (χ0) is 17.0. The van der Waals surface area contributed by atoms with E-state index in [1.54, 1.807) is 39.2 Å². The summed E-state index contributed by atoms with van der Waals surface area (Å²) >= 11 is 1.54. The minimum absolute atomic E-state index is 0.0564. The number of nitrogens with zero attached hydrogens (tertiary/aromatic N) is 2. The van der Waals surface area contributed by atoms with Crippen LogP contribution in [0.25, 0.3) is 0 Å². The van der Waals surface area contributed by atoms with Crippen LogP contribution in [-0.2, 0) is 22.4 Å². The fraction of sp³-hybridized carbons (Fsp3) is 0.688. The second-order valence-corrected chi connectivity index (χ2v) is 7.92. The third-order valence-corrected chi connectivity index (χ3v) is 4.50. The van der Waals surface area contributed by atoms with Gasteiger partial charge in [0.15, 0.2) is 5.13 Å². The quantitative estimate of drug-likeness (QED) is 0.858. The molecule has 0 aromatic carbocycles. The van der Waals surface area contributed by atoms with Crippen LogP contribution in [0.3, 0.4) is 0 Å². The first-order valence-electron chi connectivity index (χ1n) is 7.97. The van der Waals surface area contributed by atoms with Gasteiger partial charge in [0.1, 0.15) is 12.1 Å². The minimum Gasteiger partial charge on any atom is -0.444 e. The predicted octanol–water partition coefficient (Wildman–Crippen LogP) is 3.22. The number of aromatic nitrogens is 1. The molecule has 0 aliphatic heterocycles. The average molecular weight is 339 g/mol. The van der Waals surface area contributed by atoms with Crippen LogP contribution in [0.1, 0.15) is 50.6 Å². The summed E-state index contributed by atoms with van der Waals surface area (Å²) in [6.07, 6.45) is 5.10. The standard InChI is InChI=1S/C16H25N3O3S/c1-16(2,3)22-15(21)19(4)10-13(20)18-14-17-11-8-6-5-7-9-12(11)23-14/h5-10H2,1-4H3,(H,17,18,20). The zero-order valence-corrected chi connectivity index (χ0v) is 15.1. The van der Waals surface area contributed by atoms with Gasteiger partial charge in [-0.3, -0.25) is 4.79 Å². The lowest BCUT2D eigenvalue weighted by Crippen LogP contribution is -2.38. The van der Waals surface area contributed by atoms with Crippen molar-refractivity contribution in [2.75, 3.05) is 18.9 Å². The van der Waals surface area contributed by atoms with E-state index in [1.807, 2.05) is 0 Å². The molecule has 0 unspecified atom stereocenters. The third kappa shape index (κ3) is 5.49. The second kappa shape index (κ2) is 7.29. The highest BCUT2D eigenvalue weighted by molar-refractivity contribution is 7.15. The molecule has 128 valence electrons. The first-order chi connectivity index (χ1) is 10.7. The van der Waals surface area contributed by atoms with Gasteiger partial charge in [-0.2, -0.15) is 0 Å². The Bertz CT molecular complexity index is 554. The number of anilines is 1. The molecular weight excluding hydrogens is 314 g/mol. The Balaban J connectivity index is 1.88. The van der Waals surface area contributed by atoms with Crippen LogP contribution >= 0.6 is 11.3 Å². The smallest absolute Gasteiger partial charge is 0.410 e. The molecule has 0 radical (unpaired) electrons. The maximum absolute atomic E-state index is 12.1. The van der Waals surface area contributed by atoms with Gasteiger partial charge in [-0.05, 0) is 46.5 Å². The Kier molecular flexibility index (Phi) is 5.62. The number of carbonyl (C=O) groups is 2. The van der Waals surface area contributed by atoms with E-state index in [2.05, 4.69) is 10.3 Å². The Morgan fingerprint density at radius 2 is 1.96 bits per heavy atom. The van der Waals surface area contributed by atoms with Crippen LogP contribution in [0.4, 0.5) is 9.93 Å². The Hall–Kier alpha value is -1.63. The lowest BCUT2D eigenvalue weighted by atomic mass is 10.2. The maximum Gasteiger partial charge on any atom is 0.410 e. The normalized spacial score (nSPS) is 14.6. The summed E-state index contributed by atoms with van der Waals surface area (Å²) in [5, 5.41) is 3.41. The van der Waals surface area contributed by atoms with E-state index < -0.39 is 11.7 Å². The number of amides is 2. The molecule has 1 aromatic heterocycles. The van der Waals surface area contributed by atoms with Gasteiger partial charge < -0.3 is 15.0 Å². The molecule has 0 atom stereocenters. The van der Waals surface area contributed by atoms with Gasteiger partial charge in [-0.1, -0.05) is 6.42 Å². The van der Waals surface area contributed by atoms with Crippen molar-refractivity contribution in [3.8, 4) is 0 Å². The van der Waals surface area contributed by atoms with Crippen molar-refractivity contribution >= 4 is 28.5 Å². The molecule has 2 rings (SSSR count). The fourth-order valence-electron chi connectivity index (χ4n) is 2.36. The molecule has 0 fully saturated rings. The van der Waals surface area contributed by atoms with Gasteiger partial charge in [0.25, 0.3) is 0 Å². The number of hydrogen-bond acceptors (Lipinski definition) is 5. The van der Waals surface area contributed by atoms with Crippen molar-refractivity contribution in [2.45, 2.75) is 58.5 Å². The number of nitrogens with one attached hydrogen (secondary N) is 1.